The van der Waals surface area contributed by atoms with E-state index in [0.29, 0.717) is 25.0 Å². The second kappa shape index (κ2) is 36.4. The Bertz CT molecular complexity index is 53.4. The van der Waals surface area contributed by atoms with Gasteiger partial charge in [-0.1, -0.05) is 27.7 Å². The van der Waals surface area contributed by atoms with Crippen molar-refractivity contribution in [2.75, 3.05) is 27.4 Å². The maximum atomic E-state index is 8.14. The topological polar surface area (TPSA) is 80.9 Å². The predicted molar refractivity (Wildman–Crippen MR) is 60.1 cm³/mol. The summed E-state index contributed by atoms with van der Waals surface area (Å²) < 4.78 is 0. The van der Waals surface area contributed by atoms with E-state index in [1.807, 2.05) is 27.7 Å². The molecule has 0 radical (unpaired) electrons. The van der Waals surface area contributed by atoms with E-state index in [1.165, 1.54) is 0 Å². The van der Waals surface area contributed by atoms with Crippen molar-refractivity contribution in [3.63, 3.8) is 0 Å². The van der Waals surface area contributed by atoms with E-state index in [-0.39, 0.29) is 26.2 Å². The minimum atomic E-state index is 0. The summed E-state index contributed by atoms with van der Waals surface area (Å²) in [5.74, 6) is 0.880. The molecule has 4 nitrogen and oxygen atoms in total. The van der Waals surface area contributed by atoms with E-state index in [9.17, 15) is 0 Å². The van der Waals surface area contributed by atoms with Crippen LogP contribution >= 0.6 is 0 Å². The van der Waals surface area contributed by atoms with Crippen LogP contribution < -0.4 is 0 Å². The first-order valence-corrected chi connectivity index (χ1v) is 4.65. The van der Waals surface area contributed by atoms with Crippen molar-refractivity contribution in [3.05, 3.63) is 0 Å². The Labute approximate surface area is 113 Å². The van der Waals surface area contributed by atoms with Crippen LogP contribution in [0.3, 0.4) is 0 Å². The summed E-state index contributed by atoms with van der Waals surface area (Å²) in [4.78, 5) is 0. The predicted octanol–water partition coefficient (Wildman–Crippen LogP) is 0.484. The van der Waals surface area contributed by atoms with Crippen LogP contribution in [0.1, 0.15) is 27.7 Å². The van der Waals surface area contributed by atoms with E-state index in [2.05, 4.69) is 0 Å². The zero-order valence-corrected chi connectivity index (χ0v) is 13.3. The van der Waals surface area contributed by atoms with Gasteiger partial charge in [-0.25, -0.2) is 0 Å². The fourth-order valence-corrected chi connectivity index (χ4v) is 0. The maximum Gasteiger partial charge on any atom is 0.0453 e. The largest absolute Gasteiger partial charge is 0.400 e. The smallest absolute Gasteiger partial charge is 0.0453 e. The Morgan fingerprint density at radius 1 is 0.667 bits per heavy atom. The van der Waals surface area contributed by atoms with Crippen molar-refractivity contribution in [1.29, 1.82) is 0 Å². The van der Waals surface area contributed by atoms with Crippen LogP contribution in [-0.4, -0.2) is 47.9 Å². The molecule has 96 valence electrons. The minimum Gasteiger partial charge on any atom is -0.400 e. The van der Waals surface area contributed by atoms with Gasteiger partial charge in [-0.15, -0.1) is 0 Å². The molecule has 0 aliphatic rings. The normalized spacial score (nSPS) is 7.20. The Morgan fingerprint density at radius 3 is 0.733 bits per heavy atom. The monoisotopic (exact) mass is 302 g/mol. The first kappa shape index (κ1) is 29.6. The van der Waals surface area contributed by atoms with Gasteiger partial charge in [0.2, 0.25) is 0 Å². The Kier molecular flexibility index (Phi) is 72.0. The van der Waals surface area contributed by atoms with Gasteiger partial charge in [0.05, 0.1) is 0 Å². The minimum absolute atomic E-state index is 0. The molecule has 0 unspecified atom stereocenters. The van der Waals surface area contributed by atoms with Gasteiger partial charge in [-0.3, -0.25) is 0 Å². The summed E-state index contributed by atoms with van der Waals surface area (Å²) in [5, 5.41) is 30.3. The van der Waals surface area contributed by atoms with Gasteiger partial charge in [-0.2, -0.15) is 0 Å². The number of aliphatic hydroxyl groups excluding tert-OH is 4. The van der Waals surface area contributed by atoms with Gasteiger partial charge in [-0.05, 0) is 11.8 Å². The standard InChI is InChI=1S/2C4H10O.2CH4O.Zr/c2*1-4(2)3-5;2*1-2;/h2*4-5H,3H2,1-2H3;2*2H,1H3;. The molecule has 0 heterocycles. The molecule has 0 fully saturated rings. The molecule has 0 aliphatic carbocycles. The molecule has 0 saturated heterocycles. The van der Waals surface area contributed by atoms with Crippen molar-refractivity contribution in [1.82, 2.24) is 0 Å². The van der Waals surface area contributed by atoms with Crippen LogP contribution in [0.25, 0.3) is 0 Å². The summed E-state index contributed by atoms with van der Waals surface area (Å²) in [6, 6.07) is 0. The van der Waals surface area contributed by atoms with E-state index < -0.39 is 0 Å². The summed E-state index contributed by atoms with van der Waals surface area (Å²) >= 11 is 0. The molecule has 0 atom stereocenters. The van der Waals surface area contributed by atoms with Gasteiger partial charge >= 0.3 is 0 Å². The third kappa shape index (κ3) is 107. The van der Waals surface area contributed by atoms with Crippen molar-refractivity contribution < 1.29 is 46.6 Å². The average molecular weight is 304 g/mol. The number of hydrogen-bond acceptors (Lipinski definition) is 4. The number of aliphatic hydroxyl groups is 4. The summed E-state index contributed by atoms with van der Waals surface area (Å²) in [5.41, 5.74) is 0. The molecule has 0 aliphatic heterocycles. The van der Waals surface area contributed by atoms with Gasteiger partial charge < -0.3 is 20.4 Å². The number of rotatable bonds is 2. The van der Waals surface area contributed by atoms with Crippen molar-refractivity contribution in [3.8, 4) is 0 Å². The molecule has 0 aromatic heterocycles. The third-order valence-corrected chi connectivity index (χ3v) is 0.730. The molecule has 4 N–H and O–H groups in total. The van der Waals surface area contributed by atoms with Crippen LogP contribution in [0.4, 0.5) is 0 Å². The number of hydrogen-bond donors (Lipinski definition) is 4. The molecule has 5 heteroatoms. The summed E-state index contributed by atoms with van der Waals surface area (Å²) in [6.45, 7) is 8.50. The molecule has 0 aromatic rings. The third-order valence-electron chi connectivity index (χ3n) is 0.730. The second-order valence-electron chi connectivity index (χ2n) is 3.15. The molecule has 0 spiro atoms. The van der Waals surface area contributed by atoms with Crippen molar-refractivity contribution in [2.45, 2.75) is 27.7 Å². The SMILES string of the molecule is CC(C)CO.CC(C)CO.CO.CO.[Zr]. The van der Waals surface area contributed by atoms with Crippen LogP contribution in [0.15, 0.2) is 0 Å². The van der Waals surface area contributed by atoms with Crippen molar-refractivity contribution >= 4 is 0 Å². The quantitative estimate of drug-likeness (QED) is 0.598. The maximum absolute atomic E-state index is 8.14. The fraction of sp³-hybridized carbons (Fsp3) is 1.00. The van der Waals surface area contributed by atoms with E-state index in [4.69, 9.17) is 20.4 Å². The van der Waals surface area contributed by atoms with Crippen LogP contribution in [-0.2, 0) is 26.2 Å². The zero-order chi connectivity index (χ0) is 12.6. The van der Waals surface area contributed by atoms with Crippen molar-refractivity contribution in [2.24, 2.45) is 11.8 Å². The van der Waals surface area contributed by atoms with E-state index in [1.54, 1.807) is 0 Å². The van der Waals surface area contributed by atoms with Gasteiger partial charge in [0.25, 0.3) is 0 Å². The molecule has 0 aromatic carbocycles. The molecule has 0 amide bonds. The average Bonchev–Trinajstić information content (AvgIpc) is 2.24. The molecule has 0 bridgehead atoms. The Hall–Kier alpha value is 0.723. The molecule has 0 saturated carbocycles. The zero-order valence-electron chi connectivity index (χ0n) is 10.9. The molecule has 0 rings (SSSR count). The Morgan fingerprint density at radius 2 is 0.733 bits per heavy atom. The van der Waals surface area contributed by atoms with E-state index in [0.717, 1.165) is 14.2 Å². The summed E-state index contributed by atoms with van der Waals surface area (Å²) in [6.07, 6.45) is 0. The van der Waals surface area contributed by atoms with Gasteiger partial charge in [0.1, 0.15) is 0 Å². The van der Waals surface area contributed by atoms with Crippen LogP contribution in [0, 0.1) is 11.8 Å². The summed E-state index contributed by atoms with van der Waals surface area (Å²) in [7, 11) is 2.00. The van der Waals surface area contributed by atoms with Crippen LogP contribution in [0.5, 0.6) is 0 Å². The Balaban J connectivity index is -0.0000000318. The van der Waals surface area contributed by atoms with Gasteiger partial charge in [0, 0.05) is 53.6 Å². The first-order valence-electron chi connectivity index (χ1n) is 4.65. The van der Waals surface area contributed by atoms with Crippen LogP contribution in [0.2, 0.25) is 0 Å². The second-order valence-corrected chi connectivity index (χ2v) is 3.15. The first-order chi connectivity index (χ1) is 6.54. The van der Waals surface area contributed by atoms with E-state index >= 15 is 0 Å². The molecular formula is C10H28O4Zr. The fourth-order valence-electron chi connectivity index (χ4n) is 0. The van der Waals surface area contributed by atoms with Gasteiger partial charge in [0.15, 0.2) is 0 Å². The molecule has 15 heavy (non-hydrogen) atoms. The molecular weight excluding hydrogens is 275 g/mol.